The molecule has 2 heteroatoms. The van der Waals surface area contributed by atoms with Crippen LogP contribution in [0, 0.1) is 17.8 Å². The number of carbonyl (C=O) groups excluding carboxylic acids is 1. The molecule has 2 aliphatic rings. The van der Waals surface area contributed by atoms with Crippen molar-refractivity contribution >= 4 is 5.91 Å². The molecule has 0 radical (unpaired) electrons. The van der Waals surface area contributed by atoms with E-state index in [2.05, 4.69) is 13.8 Å². The second-order valence-electron chi connectivity index (χ2n) is 5.01. The molecule has 0 aromatic rings. The number of hydrogen-bond donors (Lipinski definition) is 0. The predicted molar refractivity (Wildman–Crippen MR) is 56.9 cm³/mol. The summed E-state index contributed by atoms with van der Waals surface area (Å²) >= 11 is 0. The van der Waals surface area contributed by atoms with Gasteiger partial charge in [-0.15, -0.1) is 0 Å². The minimum Gasteiger partial charge on any atom is -0.343 e. The molecule has 2 nitrogen and oxygen atoms in total. The molecule has 0 aromatic heterocycles. The van der Waals surface area contributed by atoms with Crippen molar-refractivity contribution in [2.75, 3.05) is 13.1 Å². The molecular weight excluding hydrogens is 174 g/mol. The van der Waals surface area contributed by atoms with Gasteiger partial charge < -0.3 is 4.90 Å². The summed E-state index contributed by atoms with van der Waals surface area (Å²) in [6.07, 6.45) is 4.33. The van der Waals surface area contributed by atoms with E-state index in [4.69, 9.17) is 0 Å². The Morgan fingerprint density at radius 3 is 2.29 bits per heavy atom. The van der Waals surface area contributed by atoms with Crippen LogP contribution in [0.2, 0.25) is 0 Å². The van der Waals surface area contributed by atoms with Crippen LogP contribution in [-0.4, -0.2) is 23.9 Å². The number of rotatable bonds is 3. The average Bonchev–Trinajstić information content (AvgIpc) is 2.62. The second-order valence-corrected chi connectivity index (χ2v) is 5.01. The summed E-state index contributed by atoms with van der Waals surface area (Å²) in [6.45, 7) is 6.62. The molecular formula is C12H21NO. The lowest BCUT2D eigenvalue weighted by atomic mass is 10.1. The first-order valence-corrected chi connectivity index (χ1v) is 5.98. The van der Waals surface area contributed by atoms with Gasteiger partial charge in [0.15, 0.2) is 0 Å². The SMILES string of the molecule is CC1C(C)C1CCC(=O)N1CCCC1. The van der Waals surface area contributed by atoms with E-state index >= 15 is 0 Å². The van der Waals surface area contributed by atoms with Crippen molar-refractivity contribution in [1.82, 2.24) is 4.90 Å². The van der Waals surface area contributed by atoms with Crippen LogP contribution in [0.5, 0.6) is 0 Å². The summed E-state index contributed by atoms with van der Waals surface area (Å²) in [5.41, 5.74) is 0. The second kappa shape index (κ2) is 3.92. The van der Waals surface area contributed by atoms with E-state index in [-0.39, 0.29) is 0 Å². The molecule has 1 amide bonds. The van der Waals surface area contributed by atoms with Gasteiger partial charge in [0.25, 0.3) is 0 Å². The van der Waals surface area contributed by atoms with E-state index < -0.39 is 0 Å². The number of carbonyl (C=O) groups is 1. The lowest BCUT2D eigenvalue weighted by Gasteiger charge is -2.14. The summed E-state index contributed by atoms with van der Waals surface area (Å²) in [4.78, 5) is 13.8. The van der Waals surface area contributed by atoms with Gasteiger partial charge in [-0.05, 0) is 37.0 Å². The first-order valence-electron chi connectivity index (χ1n) is 5.98. The van der Waals surface area contributed by atoms with Crippen LogP contribution in [0.1, 0.15) is 39.5 Å². The maximum absolute atomic E-state index is 11.7. The minimum absolute atomic E-state index is 0.397. The Morgan fingerprint density at radius 1 is 1.21 bits per heavy atom. The lowest BCUT2D eigenvalue weighted by molar-refractivity contribution is -0.130. The van der Waals surface area contributed by atoms with Crippen molar-refractivity contribution in [3.63, 3.8) is 0 Å². The summed E-state index contributed by atoms with van der Waals surface area (Å²) in [7, 11) is 0. The fraction of sp³-hybridized carbons (Fsp3) is 0.917. The molecule has 14 heavy (non-hydrogen) atoms. The van der Waals surface area contributed by atoms with Crippen molar-refractivity contribution in [2.24, 2.45) is 17.8 Å². The molecule has 0 bridgehead atoms. The number of hydrogen-bond acceptors (Lipinski definition) is 1. The van der Waals surface area contributed by atoms with Crippen molar-refractivity contribution in [2.45, 2.75) is 39.5 Å². The van der Waals surface area contributed by atoms with Crippen LogP contribution >= 0.6 is 0 Å². The van der Waals surface area contributed by atoms with Gasteiger partial charge in [-0.25, -0.2) is 0 Å². The van der Waals surface area contributed by atoms with Gasteiger partial charge >= 0.3 is 0 Å². The predicted octanol–water partition coefficient (Wildman–Crippen LogP) is 2.29. The molecule has 2 rings (SSSR count). The van der Waals surface area contributed by atoms with Crippen LogP contribution in [0.3, 0.4) is 0 Å². The molecule has 80 valence electrons. The molecule has 2 atom stereocenters. The molecule has 1 saturated heterocycles. The minimum atomic E-state index is 0.397. The van der Waals surface area contributed by atoms with Gasteiger partial charge in [-0.2, -0.15) is 0 Å². The van der Waals surface area contributed by atoms with Gasteiger partial charge in [-0.1, -0.05) is 13.8 Å². The van der Waals surface area contributed by atoms with Crippen LogP contribution in [0.4, 0.5) is 0 Å². The highest BCUT2D eigenvalue weighted by molar-refractivity contribution is 5.76. The zero-order chi connectivity index (χ0) is 10.1. The molecule has 0 spiro atoms. The Kier molecular flexibility index (Phi) is 2.80. The van der Waals surface area contributed by atoms with Crippen LogP contribution in [0.25, 0.3) is 0 Å². The Morgan fingerprint density at radius 2 is 1.79 bits per heavy atom. The Hall–Kier alpha value is -0.530. The van der Waals surface area contributed by atoms with E-state index in [1.54, 1.807) is 0 Å². The summed E-state index contributed by atoms with van der Waals surface area (Å²) in [6, 6.07) is 0. The topological polar surface area (TPSA) is 20.3 Å². The van der Waals surface area contributed by atoms with E-state index in [1.807, 2.05) is 4.90 Å². The third-order valence-electron chi connectivity index (χ3n) is 4.19. The van der Waals surface area contributed by atoms with Gasteiger partial charge in [0.2, 0.25) is 5.91 Å². The molecule has 2 fully saturated rings. The molecule has 1 aliphatic heterocycles. The van der Waals surface area contributed by atoms with Gasteiger partial charge in [-0.3, -0.25) is 4.79 Å². The fourth-order valence-corrected chi connectivity index (χ4v) is 2.71. The van der Waals surface area contributed by atoms with Gasteiger partial charge in [0.1, 0.15) is 0 Å². The summed E-state index contributed by atoms with van der Waals surface area (Å²) in [5, 5.41) is 0. The third kappa shape index (κ3) is 1.94. The van der Waals surface area contributed by atoms with Crippen LogP contribution < -0.4 is 0 Å². The molecule has 0 N–H and O–H groups in total. The van der Waals surface area contributed by atoms with Gasteiger partial charge in [0.05, 0.1) is 0 Å². The molecule has 1 heterocycles. The highest BCUT2D eigenvalue weighted by Gasteiger charge is 2.42. The highest BCUT2D eigenvalue weighted by Crippen LogP contribution is 2.48. The molecule has 2 unspecified atom stereocenters. The number of amides is 1. The zero-order valence-corrected chi connectivity index (χ0v) is 9.33. The van der Waals surface area contributed by atoms with E-state index in [9.17, 15) is 4.79 Å². The third-order valence-corrected chi connectivity index (χ3v) is 4.19. The number of likely N-dealkylation sites (tertiary alicyclic amines) is 1. The van der Waals surface area contributed by atoms with Gasteiger partial charge in [0, 0.05) is 19.5 Å². The Balaban J connectivity index is 1.68. The van der Waals surface area contributed by atoms with Crippen LogP contribution in [0.15, 0.2) is 0 Å². The summed E-state index contributed by atoms with van der Waals surface area (Å²) in [5.74, 6) is 2.96. The Labute approximate surface area is 86.7 Å². The first kappa shape index (κ1) is 10.0. The molecule has 0 aromatic carbocycles. The maximum atomic E-state index is 11.7. The van der Waals surface area contributed by atoms with Crippen molar-refractivity contribution in [3.05, 3.63) is 0 Å². The standard InChI is InChI=1S/C12H21NO/c1-9-10(2)11(9)5-6-12(14)13-7-3-4-8-13/h9-11H,3-8H2,1-2H3. The summed E-state index contributed by atoms with van der Waals surface area (Å²) < 4.78 is 0. The van der Waals surface area contributed by atoms with Crippen molar-refractivity contribution in [1.29, 1.82) is 0 Å². The quantitative estimate of drug-likeness (QED) is 0.676. The molecule has 1 saturated carbocycles. The Bertz CT molecular complexity index is 212. The smallest absolute Gasteiger partial charge is 0.222 e. The normalized spacial score (nSPS) is 36.1. The lowest BCUT2D eigenvalue weighted by Crippen LogP contribution is -2.27. The first-order chi connectivity index (χ1) is 6.70. The largest absolute Gasteiger partial charge is 0.343 e. The highest BCUT2D eigenvalue weighted by atomic mass is 16.2. The van der Waals surface area contributed by atoms with E-state index in [1.165, 1.54) is 12.8 Å². The monoisotopic (exact) mass is 195 g/mol. The average molecular weight is 195 g/mol. The van der Waals surface area contributed by atoms with E-state index in [0.29, 0.717) is 5.91 Å². The molecule has 1 aliphatic carbocycles. The fourth-order valence-electron chi connectivity index (χ4n) is 2.71. The van der Waals surface area contributed by atoms with Crippen molar-refractivity contribution in [3.8, 4) is 0 Å². The number of nitrogens with zero attached hydrogens (tertiary/aromatic N) is 1. The van der Waals surface area contributed by atoms with Crippen LogP contribution in [-0.2, 0) is 4.79 Å². The van der Waals surface area contributed by atoms with E-state index in [0.717, 1.165) is 43.7 Å². The zero-order valence-electron chi connectivity index (χ0n) is 9.33. The maximum Gasteiger partial charge on any atom is 0.222 e. The van der Waals surface area contributed by atoms with Crippen molar-refractivity contribution < 1.29 is 4.79 Å².